The summed E-state index contributed by atoms with van der Waals surface area (Å²) < 4.78 is 0. The van der Waals surface area contributed by atoms with Crippen molar-refractivity contribution in [2.45, 2.75) is 0 Å². The molecule has 0 rings (SSSR count). The van der Waals surface area contributed by atoms with Gasteiger partial charge in [0.15, 0.2) is 0 Å². The molecule has 4 nitrogen and oxygen atoms in total. The molecule has 0 heterocycles. The van der Waals surface area contributed by atoms with E-state index in [0.29, 0.717) is 0 Å². The Balaban J connectivity index is 0. The predicted octanol–water partition coefficient (Wildman–Crippen LogP) is 0.630. The Morgan fingerprint density at radius 3 is 0.273 bits per heavy atom. The molecule has 0 saturated heterocycles. The van der Waals surface area contributed by atoms with E-state index >= 15 is 0 Å². The molecule has 0 aliphatic heterocycles. The van der Waals surface area contributed by atoms with Gasteiger partial charge < -0.3 is 24.6 Å². The molecule has 0 fully saturated rings. The van der Waals surface area contributed by atoms with E-state index in [0.717, 1.165) is 0 Å². The molecular formula is H12CoN4Ti6. The Labute approximate surface area is 168 Å². The van der Waals surface area contributed by atoms with Crippen LogP contribution < -0.4 is 24.6 Å². The zero-order chi connectivity index (χ0) is 0. The van der Waals surface area contributed by atoms with E-state index in [-0.39, 0.29) is 172 Å². The molecule has 0 aliphatic carbocycles. The van der Waals surface area contributed by atoms with Crippen LogP contribution in [0, 0.1) is 0 Å². The van der Waals surface area contributed by atoms with Gasteiger partial charge in [-0.2, -0.15) is 0 Å². The van der Waals surface area contributed by atoms with Gasteiger partial charge in [0.25, 0.3) is 0 Å². The normalized spacial score (nSPS) is 0. The van der Waals surface area contributed by atoms with Gasteiger partial charge in [-0.25, -0.2) is 0 Å². The SMILES string of the molecule is N.N.N.N.[Co].[Ti].[Ti].[Ti].[Ti].[Ti].[Ti]. The van der Waals surface area contributed by atoms with Gasteiger partial charge in [-0.1, -0.05) is 0 Å². The zero-order valence-electron chi connectivity index (χ0n) is 6.16. The summed E-state index contributed by atoms with van der Waals surface area (Å²) in [7, 11) is 0. The first-order chi connectivity index (χ1) is 0. The van der Waals surface area contributed by atoms with Gasteiger partial charge in [-0.05, 0) is 0 Å². The average Bonchev–Trinajstić information content (AvgIpc) is 0. The second-order valence-corrected chi connectivity index (χ2v) is 0. The summed E-state index contributed by atoms with van der Waals surface area (Å²) in [6.45, 7) is 0. The molecule has 11 heavy (non-hydrogen) atoms. The summed E-state index contributed by atoms with van der Waals surface area (Å²) in [5, 5.41) is 0. The minimum atomic E-state index is 0. The minimum Gasteiger partial charge on any atom is -0.344 e. The average molecular weight is 414 g/mol. The van der Waals surface area contributed by atoms with Crippen LogP contribution in [-0.4, -0.2) is 0 Å². The second-order valence-electron chi connectivity index (χ2n) is 0. The van der Waals surface area contributed by atoms with E-state index in [1.54, 1.807) is 0 Å². The molecular weight excluding hydrogens is 402 g/mol. The Hall–Kier alpha value is 4.63. The van der Waals surface area contributed by atoms with Gasteiger partial charge in [-0.3, -0.25) is 0 Å². The van der Waals surface area contributed by atoms with Crippen molar-refractivity contribution >= 4 is 0 Å². The van der Waals surface area contributed by atoms with Crippen LogP contribution in [0.25, 0.3) is 0 Å². The summed E-state index contributed by atoms with van der Waals surface area (Å²) in [5.74, 6) is 0. The van der Waals surface area contributed by atoms with E-state index in [1.165, 1.54) is 0 Å². The first kappa shape index (κ1) is 156. The molecule has 1 radical (unpaired) electrons. The predicted molar refractivity (Wildman–Crippen MR) is 20.1 cm³/mol. The van der Waals surface area contributed by atoms with E-state index in [4.69, 9.17) is 0 Å². The standard InChI is InChI=1S/Co.4H3N.6Ti/h;4*1H3;;;;;;. The second kappa shape index (κ2) is 127. The third-order valence-electron chi connectivity index (χ3n) is 0. The fraction of sp³-hybridized carbons (Fsp3) is 0. The zero-order valence-corrected chi connectivity index (χ0v) is 16.6. The summed E-state index contributed by atoms with van der Waals surface area (Å²) in [6, 6.07) is 0. The van der Waals surface area contributed by atoms with Crippen molar-refractivity contribution in [1.29, 1.82) is 0 Å². The Morgan fingerprint density at radius 2 is 0.273 bits per heavy atom. The summed E-state index contributed by atoms with van der Waals surface area (Å²) in [6.07, 6.45) is 0. The maximum atomic E-state index is 0. The number of hydrogen-bond donors (Lipinski definition) is 4. The van der Waals surface area contributed by atoms with Gasteiger partial charge in [0.1, 0.15) is 0 Å². The topological polar surface area (TPSA) is 140 Å². The van der Waals surface area contributed by atoms with Crippen LogP contribution in [0.2, 0.25) is 0 Å². The molecule has 0 atom stereocenters. The van der Waals surface area contributed by atoms with Crippen molar-refractivity contribution in [1.82, 2.24) is 24.6 Å². The van der Waals surface area contributed by atoms with Gasteiger partial charge >= 0.3 is 0 Å². The molecule has 0 amide bonds. The van der Waals surface area contributed by atoms with Crippen LogP contribution in [0.4, 0.5) is 0 Å². The number of hydrogen-bond acceptors (Lipinski definition) is 4. The molecule has 0 saturated carbocycles. The quantitative estimate of drug-likeness (QED) is 0.432. The molecule has 0 unspecified atom stereocenters. The maximum Gasteiger partial charge on any atom is 0 e. The Morgan fingerprint density at radius 1 is 0.273 bits per heavy atom. The fourth-order valence-electron chi connectivity index (χ4n) is 0. The van der Waals surface area contributed by atoms with Gasteiger partial charge in [0, 0.05) is 147 Å². The van der Waals surface area contributed by atoms with Gasteiger partial charge in [0.05, 0.1) is 0 Å². The first-order valence-corrected chi connectivity index (χ1v) is 0. The molecule has 0 aromatic rings. The molecule has 12 N–H and O–H groups in total. The summed E-state index contributed by atoms with van der Waals surface area (Å²) >= 11 is 0. The van der Waals surface area contributed by atoms with E-state index < -0.39 is 0 Å². The minimum absolute atomic E-state index is 0. The van der Waals surface area contributed by atoms with Crippen molar-refractivity contribution in [3.63, 3.8) is 0 Å². The Bertz CT molecular complexity index is 14.5. The van der Waals surface area contributed by atoms with E-state index in [2.05, 4.69) is 0 Å². The van der Waals surface area contributed by atoms with Crippen molar-refractivity contribution in [2.75, 3.05) is 0 Å². The largest absolute Gasteiger partial charge is 0.344 e. The molecule has 11 heteroatoms. The molecule has 0 aromatic heterocycles. The fourth-order valence-corrected chi connectivity index (χ4v) is 0. The van der Waals surface area contributed by atoms with Crippen LogP contribution in [0.3, 0.4) is 0 Å². The third kappa shape index (κ3) is 109. The Kier molecular flexibility index (Phi) is 1800. The molecule has 65 valence electrons. The van der Waals surface area contributed by atoms with Crippen molar-refractivity contribution in [3.05, 3.63) is 0 Å². The smallest absolute Gasteiger partial charge is 0 e. The van der Waals surface area contributed by atoms with Crippen LogP contribution >= 0.6 is 0 Å². The maximum absolute atomic E-state index is 0. The van der Waals surface area contributed by atoms with Crippen molar-refractivity contribution in [2.24, 2.45) is 0 Å². The van der Waals surface area contributed by atoms with Crippen LogP contribution in [0.15, 0.2) is 0 Å². The molecule has 0 bridgehead atoms. The molecule has 0 aromatic carbocycles. The van der Waals surface area contributed by atoms with Gasteiger partial charge in [-0.15, -0.1) is 0 Å². The van der Waals surface area contributed by atoms with Crippen molar-refractivity contribution in [3.8, 4) is 0 Å². The number of rotatable bonds is 0. The third-order valence-corrected chi connectivity index (χ3v) is 0. The van der Waals surface area contributed by atoms with Crippen LogP contribution in [-0.2, 0) is 147 Å². The van der Waals surface area contributed by atoms with Crippen molar-refractivity contribution < 1.29 is 147 Å². The van der Waals surface area contributed by atoms with E-state index in [1.807, 2.05) is 0 Å². The first-order valence-electron chi connectivity index (χ1n) is 0. The van der Waals surface area contributed by atoms with Crippen LogP contribution in [0.1, 0.15) is 0 Å². The van der Waals surface area contributed by atoms with Crippen LogP contribution in [0.5, 0.6) is 0 Å². The monoisotopic (exact) mass is 415 g/mol. The summed E-state index contributed by atoms with van der Waals surface area (Å²) in [4.78, 5) is 0. The molecule has 0 aliphatic rings. The molecule has 0 spiro atoms. The van der Waals surface area contributed by atoms with E-state index in [9.17, 15) is 0 Å². The van der Waals surface area contributed by atoms with Gasteiger partial charge in [0.2, 0.25) is 0 Å². The summed E-state index contributed by atoms with van der Waals surface area (Å²) in [5.41, 5.74) is 0.